The van der Waals surface area contributed by atoms with Gasteiger partial charge in [0.1, 0.15) is 35.3 Å². The molecule has 19 rings (SSSR count). The van der Waals surface area contributed by atoms with Gasteiger partial charge in [-0.3, -0.25) is 10.1 Å². The molecule has 29 nitrogen and oxygen atoms in total. The summed E-state index contributed by atoms with van der Waals surface area (Å²) in [6, 6.07) is 71.5. The largest absolute Gasteiger partial charge is 0.514 e. The molecule has 14 atom stereocenters. The minimum Gasteiger partial charge on any atom is -0.443 e. The summed E-state index contributed by atoms with van der Waals surface area (Å²) in [7, 11) is 0. The summed E-state index contributed by atoms with van der Waals surface area (Å²) >= 11 is 41.5. The number of hydrogen-bond donors (Lipinski definition) is 10. The van der Waals surface area contributed by atoms with Crippen molar-refractivity contribution in [2.45, 2.75) is 215 Å². The molecule has 10 aromatic rings. The van der Waals surface area contributed by atoms with Crippen LogP contribution >= 0.6 is 81.2 Å². The number of amides is 5. The fraction of sp³-hybridized carbons (Fsp3) is 0.405. The highest BCUT2D eigenvalue weighted by Gasteiger charge is 2.43. The number of alkyl carbamates (subject to hydrolysis) is 5. The van der Waals surface area contributed by atoms with Crippen LogP contribution in [0.3, 0.4) is 0 Å². The van der Waals surface area contributed by atoms with Gasteiger partial charge in [0.25, 0.3) is 5.69 Å². The lowest BCUT2D eigenvalue weighted by atomic mass is 9.95. The summed E-state index contributed by atoms with van der Waals surface area (Å²) in [6.07, 6.45) is 6.61. The van der Waals surface area contributed by atoms with Crippen molar-refractivity contribution in [2.24, 2.45) is 11.7 Å². The van der Waals surface area contributed by atoms with E-state index >= 15 is 0 Å². The molecule has 0 bridgehead atoms. The highest BCUT2D eigenvalue weighted by molar-refractivity contribution is 6.32. The zero-order valence-corrected chi connectivity index (χ0v) is 88.2. The summed E-state index contributed by atoms with van der Waals surface area (Å²) in [6.45, 7) is 20.3. The highest BCUT2D eigenvalue weighted by Crippen LogP contribution is 2.39. The molecule has 0 spiro atoms. The van der Waals surface area contributed by atoms with E-state index < -0.39 is 71.0 Å². The first-order chi connectivity index (χ1) is 70.5. The van der Waals surface area contributed by atoms with Crippen molar-refractivity contribution in [1.29, 1.82) is 0 Å². The number of ether oxygens (including phenoxy) is 7. The first-order valence-electron chi connectivity index (χ1n) is 49.5. The molecule has 2 aliphatic carbocycles. The quantitative estimate of drug-likeness (QED) is 0.00835. The fourth-order valence-electron chi connectivity index (χ4n) is 18.9. The number of carbonyl (C=O) groups excluding carboxylic acids is 6. The zero-order valence-electron chi connectivity index (χ0n) is 82.9. The maximum absolute atomic E-state index is 12.9. The Morgan fingerprint density at radius 2 is 0.769 bits per heavy atom. The van der Waals surface area contributed by atoms with Gasteiger partial charge in [0.15, 0.2) is 12.2 Å². The molecule has 7 aliphatic heterocycles. The van der Waals surface area contributed by atoms with E-state index in [0.29, 0.717) is 72.9 Å². The van der Waals surface area contributed by atoms with Crippen molar-refractivity contribution >= 4 is 124 Å². The van der Waals surface area contributed by atoms with Crippen LogP contribution in [-0.2, 0) is 54.1 Å². The van der Waals surface area contributed by atoms with Crippen molar-refractivity contribution in [1.82, 2.24) is 41.3 Å². The van der Waals surface area contributed by atoms with Crippen LogP contribution in [0.4, 0.5) is 34.5 Å². The molecule has 0 radical (unpaired) electrons. The van der Waals surface area contributed by atoms with Gasteiger partial charge in [0.2, 0.25) is 0 Å². The Bertz CT molecular complexity index is 5780. The molecule has 5 amide bonds. The number of nitrogens with zero attached hydrogens (tertiary/aromatic N) is 4. The number of fused-ring (bicyclic) bond motifs is 2. The van der Waals surface area contributed by atoms with Crippen LogP contribution in [0.2, 0.25) is 35.2 Å². The Hall–Kier alpha value is -11.1. The van der Waals surface area contributed by atoms with E-state index in [4.69, 9.17) is 125 Å². The van der Waals surface area contributed by atoms with Crippen LogP contribution in [0.5, 0.6) is 5.75 Å². The summed E-state index contributed by atoms with van der Waals surface area (Å²) in [5.74, 6) is 0.484. The van der Waals surface area contributed by atoms with E-state index in [2.05, 4.69) is 60.3 Å². The number of non-ortho nitro benzene ring substituents is 1. The third kappa shape index (κ3) is 34.8. The van der Waals surface area contributed by atoms with Gasteiger partial charge >= 0.3 is 36.6 Å². The average Bonchev–Trinajstić information content (AvgIpc) is 1.66. The Labute approximate surface area is 893 Å². The maximum Gasteiger partial charge on any atom is 0.514 e. The SMILES string of the molecule is CC1(OC(=O)N[C@H](CN2CCCC2)[C@H](O)c2cccc(Cl)c2)Cc2ccccc2C1.CC1(OC(=O)Oc2ccc([N+](=O)[O-])cc2)Cc2ccccc2C1.CCC1NC(=O)O[C@@H]1c1cccc(Cl)c1.CCC1NC(=O)O[C@@H]1c1cccc(Cl)c1.CC[C@@H](C)[C@H](O)c1cccc(Cl)c1.N[C@H](CN1CCCC1)[C@H](O)c1cccc(Cl)c1.O=C1NC(CN2CCCC2)[C@@H](c2cccc(Cl)c2)O1.O=C1NC(CO)[C@@H](c2cccc(Cl)c2)O1. The molecule has 0 saturated carbocycles. The van der Waals surface area contributed by atoms with Crippen molar-refractivity contribution in [2.75, 3.05) is 65.5 Å². The Kier molecular flexibility index (Phi) is 43.7. The number of nitro groups is 1. The molecule has 36 heteroatoms. The minimum atomic E-state index is -0.870. The Balaban J connectivity index is 0.000000152. The Morgan fingerprint density at radius 3 is 1.13 bits per heavy atom. The number of halogens is 7. The lowest BCUT2D eigenvalue weighted by molar-refractivity contribution is -0.384. The maximum atomic E-state index is 12.9. The van der Waals surface area contributed by atoms with E-state index in [0.717, 1.165) is 129 Å². The van der Waals surface area contributed by atoms with Gasteiger partial charge in [-0.2, -0.15) is 0 Å². The minimum absolute atomic E-state index is 0.00377. The van der Waals surface area contributed by atoms with Gasteiger partial charge in [0, 0.05) is 98.7 Å². The number of aliphatic hydroxyl groups is 4. The summed E-state index contributed by atoms with van der Waals surface area (Å²) in [5, 5.41) is 69.0. The van der Waals surface area contributed by atoms with E-state index in [1.54, 1.807) is 60.7 Å². The second kappa shape index (κ2) is 56.0. The van der Waals surface area contributed by atoms with Crippen LogP contribution in [0.25, 0.3) is 0 Å². The second-order valence-corrected chi connectivity index (χ2v) is 41.1. The predicted octanol–water partition coefficient (Wildman–Crippen LogP) is 22.9. The van der Waals surface area contributed by atoms with Crippen LogP contribution in [0, 0.1) is 16.0 Å². The molecule has 7 heterocycles. The van der Waals surface area contributed by atoms with Gasteiger partial charge in [-0.1, -0.05) is 249 Å². The first kappa shape index (κ1) is 115. The van der Waals surface area contributed by atoms with Crippen LogP contribution in [0.15, 0.2) is 243 Å². The molecule has 786 valence electrons. The molecule has 7 saturated heterocycles. The lowest BCUT2D eigenvalue weighted by Gasteiger charge is -2.31. The third-order valence-electron chi connectivity index (χ3n) is 26.6. The fourth-order valence-corrected chi connectivity index (χ4v) is 20.3. The summed E-state index contributed by atoms with van der Waals surface area (Å²) in [5.41, 5.74) is 15.5. The molecular weight excluding hydrogens is 2030 g/mol. The molecule has 11 N–H and O–H groups in total. The van der Waals surface area contributed by atoms with Gasteiger partial charge in [-0.25, -0.2) is 28.8 Å². The molecule has 7 fully saturated rings. The van der Waals surface area contributed by atoms with Gasteiger partial charge in [0.05, 0.1) is 53.9 Å². The number of nitro benzene ring substituents is 1. The lowest BCUT2D eigenvalue weighted by Crippen LogP contribution is -2.49. The van der Waals surface area contributed by atoms with Crippen molar-refractivity contribution < 1.29 is 87.3 Å². The number of aliphatic hydroxyl groups excluding tert-OH is 4. The molecule has 147 heavy (non-hydrogen) atoms. The summed E-state index contributed by atoms with van der Waals surface area (Å²) < 4.78 is 37.3. The third-order valence-corrected chi connectivity index (χ3v) is 28.3. The number of carbonyl (C=O) groups is 6. The smallest absolute Gasteiger partial charge is 0.443 e. The number of rotatable bonds is 25. The van der Waals surface area contributed by atoms with Crippen molar-refractivity contribution in [3.8, 4) is 5.75 Å². The number of benzene rings is 10. The second-order valence-electron chi connectivity index (χ2n) is 38.1. The highest BCUT2D eigenvalue weighted by atomic mass is 35.5. The number of nitrogens with one attached hydrogen (secondary N) is 5. The summed E-state index contributed by atoms with van der Waals surface area (Å²) in [4.78, 5) is 86.6. The zero-order chi connectivity index (χ0) is 105. The predicted molar refractivity (Wildman–Crippen MR) is 570 cm³/mol. The number of cyclic esters (lactones) is 4. The molecule has 9 aliphatic rings. The molecular formula is C111H129Cl7N10O19. The normalized spacial score (nSPS) is 21.2. The topological polar surface area (TPSA) is 387 Å². The molecule has 10 aromatic carbocycles. The van der Waals surface area contributed by atoms with E-state index in [-0.39, 0.29) is 84.7 Å². The van der Waals surface area contributed by atoms with Gasteiger partial charge in [-0.05, 0) is 269 Å². The number of nitrogens with two attached hydrogens (primary N) is 1. The first-order valence-corrected chi connectivity index (χ1v) is 52.2. The average molecular weight is 2160 g/mol. The standard InChI is InChI=1S/C24H29ClN2O3.C17H15NO5.C14H17ClN2O2.C13H19ClN2O.2C11H12ClNO2.C11H15ClO.C10H10ClNO3/c1-24(14-18-7-2-3-8-19(18)15-24)30-23(29)26-21(16-27-11-4-5-12-27)22(28)17-9-6-10-20(25)13-17;1-17(10-12-4-2-3-5-13(12)11-17)23-16(19)22-15-8-6-14(7-9-15)18(20)21;15-11-5-3-4-10(8-11)13-12(16-14(18)19-13)9-17-6-1-2-7-17;14-11-5-3-4-10(8-11)13(17)12(15)9-16-6-1-2-7-16;2*1-2-9-10(15-11(14)13-9)7-4-3-5-8(12)6-7;1-3-8(2)11(13)9-5-4-6-10(12)7-9;11-7-3-1-2-6(4-7)9-8(5-13)12-10(14)15-9/h2-3,6-10,13,21-22,28H,4-5,11-12,14-16H2,1H3,(H,26,29);2-9H,10-11H2,1H3;3-5,8,12-13H,1-2,6-7,9H2,(H,16,18);3-5,8,12-13,17H,1-2,6-7,9,15H2;2*3-6,9-10H,2H2,1H3,(H,13,14);4-8,11,13H,3H2,1-2H3;1-4,8-9,13H,5H2,(H,12,14)/t21-,22-;;12?,13-;12-,13-;2*9?,10-;8-,11+;8?,9-/m1.111111/s1. The molecule has 4 unspecified atom stereocenters. The van der Waals surface area contributed by atoms with E-state index in [9.17, 15) is 54.2 Å². The van der Waals surface area contributed by atoms with E-state index in [1.165, 1.54) is 61.1 Å². The van der Waals surface area contributed by atoms with Gasteiger partial charge in [-0.15, -0.1) is 0 Å². The molecule has 0 aromatic heterocycles. The van der Waals surface area contributed by atoms with Gasteiger partial charge < -0.3 is 101 Å². The van der Waals surface area contributed by atoms with Crippen LogP contribution < -0.4 is 37.1 Å². The van der Waals surface area contributed by atoms with Crippen molar-refractivity contribution in [3.05, 3.63) is 349 Å². The number of likely N-dealkylation sites (tertiary alicyclic amines) is 3. The monoisotopic (exact) mass is 2150 g/mol. The number of hydrogen-bond acceptors (Lipinski definition) is 23. The van der Waals surface area contributed by atoms with E-state index in [1.807, 2.05) is 180 Å². The van der Waals surface area contributed by atoms with Crippen LogP contribution in [-0.4, -0.2) is 190 Å². The van der Waals surface area contributed by atoms with Crippen molar-refractivity contribution in [3.63, 3.8) is 0 Å². The van der Waals surface area contributed by atoms with Crippen LogP contribution in [0.1, 0.15) is 203 Å². The Morgan fingerprint density at radius 1 is 0.442 bits per heavy atom.